The predicted octanol–water partition coefficient (Wildman–Crippen LogP) is 1.79. The van der Waals surface area contributed by atoms with Gasteiger partial charge in [0.25, 0.3) is 0 Å². The molecular formula is C14H21NO2. The van der Waals surface area contributed by atoms with E-state index in [1.54, 1.807) is 0 Å². The average molecular weight is 235 g/mol. The van der Waals surface area contributed by atoms with Gasteiger partial charge in [-0.05, 0) is 37.3 Å². The molecule has 0 aliphatic heterocycles. The Labute approximate surface area is 103 Å². The van der Waals surface area contributed by atoms with Crippen molar-refractivity contribution in [2.45, 2.75) is 37.8 Å². The van der Waals surface area contributed by atoms with Crippen molar-refractivity contribution in [3.05, 3.63) is 35.4 Å². The fourth-order valence-corrected chi connectivity index (χ4v) is 2.22. The van der Waals surface area contributed by atoms with Crippen LogP contribution >= 0.6 is 0 Å². The minimum atomic E-state index is -0.646. The lowest BCUT2D eigenvalue weighted by atomic mass is 9.89. The quantitative estimate of drug-likeness (QED) is 0.836. The average Bonchev–Trinajstić information content (AvgIpc) is 2.36. The van der Waals surface area contributed by atoms with Crippen molar-refractivity contribution in [3.8, 4) is 0 Å². The van der Waals surface area contributed by atoms with E-state index in [0.29, 0.717) is 6.61 Å². The molecule has 2 unspecified atom stereocenters. The molecule has 1 aromatic rings. The third-order valence-electron chi connectivity index (χ3n) is 3.29. The molecule has 1 aliphatic rings. The number of nitrogens with two attached hydrogens (primary N) is 1. The Hall–Kier alpha value is -0.900. The van der Waals surface area contributed by atoms with Gasteiger partial charge in [-0.15, -0.1) is 0 Å². The first kappa shape index (κ1) is 12.6. The van der Waals surface area contributed by atoms with Crippen LogP contribution in [0.3, 0.4) is 0 Å². The summed E-state index contributed by atoms with van der Waals surface area (Å²) in [6.07, 6.45) is 3.46. The molecule has 2 rings (SSSR count). The normalized spacial score (nSPS) is 22.9. The molecule has 17 heavy (non-hydrogen) atoms. The molecule has 0 amide bonds. The van der Waals surface area contributed by atoms with E-state index in [4.69, 9.17) is 15.6 Å². The van der Waals surface area contributed by atoms with E-state index in [-0.39, 0.29) is 12.7 Å². The zero-order valence-corrected chi connectivity index (χ0v) is 10.4. The summed E-state index contributed by atoms with van der Waals surface area (Å²) in [4.78, 5) is 0. The van der Waals surface area contributed by atoms with E-state index >= 15 is 0 Å². The van der Waals surface area contributed by atoms with Crippen LogP contribution in [0.5, 0.6) is 0 Å². The summed E-state index contributed by atoms with van der Waals surface area (Å²) in [5.41, 5.74) is 7.90. The number of aryl methyl sites for hydroxylation is 1. The maximum atomic E-state index is 9.11. The number of aliphatic hydroxyl groups is 1. The summed E-state index contributed by atoms with van der Waals surface area (Å²) in [5, 5.41) is 9.11. The molecule has 1 aliphatic carbocycles. The largest absolute Gasteiger partial charge is 0.394 e. The van der Waals surface area contributed by atoms with E-state index in [0.717, 1.165) is 19.3 Å². The zero-order chi connectivity index (χ0) is 12.3. The van der Waals surface area contributed by atoms with Crippen molar-refractivity contribution in [3.63, 3.8) is 0 Å². The number of benzene rings is 1. The molecule has 0 saturated carbocycles. The molecule has 0 saturated heterocycles. The zero-order valence-electron chi connectivity index (χ0n) is 10.4. The Morgan fingerprint density at radius 1 is 1.47 bits per heavy atom. The highest BCUT2D eigenvalue weighted by molar-refractivity contribution is 5.31. The van der Waals surface area contributed by atoms with Crippen LogP contribution in [-0.4, -0.2) is 23.9 Å². The fraction of sp³-hybridized carbons (Fsp3) is 0.571. The van der Waals surface area contributed by atoms with Crippen LogP contribution < -0.4 is 5.73 Å². The van der Waals surface area contributed by atoms with Gasteiger partial charge in [-0.3, -0.25) is 0 Å². The summed E-state index contributed by atoms with van der Waals surface area (Å²) < 4.78 is 5.88. The maximum Gasteiger partial charge on any atom is 0.0828 e. The number of hydrogen-bond acceptors (Lipinski definition) is 3. The minimum Gasteiger partial charge on any atom is -0.394 e. The minimum absolute atomic E-state index is 0.0542. The highest BCUT2D eigenvalue weighted by Crippen LogP contribution is 2.32. The van der Waals surface area contributed by atoms with Crippen LogP contribution in [0.1, 0.15) is 37.0 Å². The first-order valence-electron chi connectivity index (χ1n) is 6.21. The van der Waals surface area contributed by atoms with Crippen LogP contribution in [0.2, 0.25) is 0 Å². The Morgan fingerprint density at radius 2 is 2.24 bits per heavy atom. The van der Waals surface area contributed by atoms with Crippen molar-refractivity contribution in [1.29, 1.82) is 0 Å². The molecular weight excluding hydrogens is 214 g/mol. The maximum absolute atomic E-state index is 9.11. The van der Waals surface area contributed by atoms with E-state index < -0.39 is 5.54 Å². The van der Waals surface area contributed by atoms with Gasteiger partial charge in [0.05, 0.1) is 24.9 Å². The van der Waals surface area contributed by atoms with Gasteiger partial charge in [0.1, 0.15) is 0 Å². The lowest BCUT2D eigenvalue weighted by molar-refractivity contribution is -0.000705. The summed E-state index contributed by atoms with van der Waals surface area (Å²) in [5.74, 6) is 0. The van der Waals surface area contributed by atoms with Gasteiger partial charge in [0.2, 0.25) is 0 Å². The first-order valence-corrected chi connectivity index (χ1v) is 6.21. The Bertz CT molecular complexity index is 376. The van der Waals surface area contributed by atoms with Crippen molar-refractivity contribution in [1.82, 2.24) is 0 Å². The van der Waals surface area contributed by atoms with Gasteiger partial charge in [0, 0.05) is 0 Å². The second kappa shape index (κ2) is 5.17. The number of hydrogen-bond donors (Lipinski definition) is 2. The van der Waals surface area contributed by atoms with Crippen LogP contribution in [0.25, 0.3) is 0 Å². The van der Waals surface area contributed by atoms with Crippen molar-refractivity contribution >= 4 is 0 Å². The molecule has 1 aromatic carbocycles. The van der Waals surface area contributed by atoms with Crippen LogP contribution in [-0.2, 0) is 11.2 Å². The number of fused-ring (bicyclic) bond motifs is 1. The second-order valence-corrected chi connectivity index (χ2v) is 5.20. The van der Waals surface area contributed by atoms with Gasteiger partial charge in [-0.1, -0.05) is 24.3 Å². The Morgan fingerprint density at radius 3 is 3.00 bits per heavy atom. The molecule has 3 nitrogen and oxygen atoms in total. The number of ether oxygens (including phenoxy) is 1. The van der Waals surface area contributed by atoms with Crippen molar-refractivity contribution < 1.29 is 9.84 Å². The van der Waals surface area contributed by atoms with Gasteiger partial charge >= 0.3 is 0 Å². The fourth-order valence-electron chi connectivity index (χ4n) is 2.22. The lowest BCUT2D eigenvalue weighted by Crippen LogP contribution is -2.45. The third kappa shape index (κ3) is 3.06. The lowest BCUT2D eigenvalue weighted by Gasteiger charge is -2.29. The number of rotatable bonds is 4. The van der Waals surface area contributed by atoms with Gasteiger partial charge in [0.15, 0.2) is 0 Å². The molecule has 0 heterocycles. The summed E-state index contributed by atoms with van der Waals surface area (Å²) >= 11 is 0. The van der Waals surface area contributed by atoms with Crippen LogP contribution in [0, 0.1) is 0 Å². The standard InChI is InChI=1S/C14H21NO2/c1-14(15,9-16)10-17-13-8-4-6-11-5-2-3-7-12(11)13/h2-3,5,7,13,16H,4,6,8-10,15H2,1H3. The smallest absolute Gasteiger partial charge is 0.0828 e. The van der Waals surface area contributed by atoms with E-state index in [1.165, 1.54) is 11.1 Å². The van der Waals surface area contributed by atoms with Crippen LogP contribution in [0.15, 0.2) is 24.3 Å². The van der Waals surface area contributed by atoms with Gasteiger partial charge in [-0.2, -0.15) is 0 Å². The molecule has 0 fully saturated rings. The molecule has 0 aromatic heterocycles. The number of aliphatic hydroxyl groups excluding tert-OH is 1. The topological polar surface area (TPSA) is 55.5 Å². The SMILES string of the molecule is CC(N)(CO)COC1CCCc2ccccc21. The van der Waals surface area contributed by atoms with E-state index in [9.17, 15) is 0 Å². The van der Waals surface area contributed by atoms with Crippen molar-refractivity contribution in [2.75, 3.05) is 13.2 Å². The molecule has 3 heteroatoms. The molecule has 0 bridgehead atoms. The van der Waals surface area contributed by atoms with Crippen molar-refractivity contribution in [2.24, 2.45) is 5.73 Å². The van der Waals surface area contributed by atoms with Gasteiger partial charge in [-0.25, -0.2) is 0 Å². The monoisotopic (exact) mass is 235 g/mol. The Kier molecular flexibility index (Phi) is 3.82. The molecule has 0 spiro atoms. The predicted molar refractivity (Wildman–Crippen MR) is 67.8 cm³/mol. The Balaban J connectivity index is 2.04. The third-order valence-corrected chi connectivity index (χ3v) is 3.29. The summed E-state index contributed by atoms with van der Waals surface area (Å²) in [6.45, 7) is 2.14. The molecule has 2 atom stereocenters. The highest BCUT2D eigenvalue weighted by atomic mass is 16.5. The van der Waals surface area contributed by atoms with E-state index in [1.807, 2.05) is 13.0 Å². The summed E-state index contributed by atoms with van der Waals surface area (Å²) in [6, 6.07) is 8.42. The van der Waals surface area contributed by atoms with E-state index in [2.05, 4.69) is 18.2 Å². The molecule has 0 radical (unpaired) electrons. The first-order chi connectivity index (χ1) is 8.12. The highest BCUT2D eigenvalue weighted by Gasteiger charge is 2.24. The molecule has 94 valence electrons. The van der Waals surface area contributed by atoms with Crippen LogP contribution in [0.4, 0.5) is 0 Å². The van der Waals surface area contributed by atoms with Gasteiger partial charge < -0.3 is 15.6 Å². The second-order valence-electron chi connectivity index (χ2n) is 5.20. The summed E-state index contributed by atoms with van der Waals surface area (Å²) in [7, 11) is 0. The molecule has 3 N–H and O–H groups in total.